The molecule has 0 bridgehead atoms. The molecule has 1 aromatic carbocycles. The normalized spacial score (nSPS) is 10.8. The number of thioether (sulfide) groups is 1. The summed E-state index contributed by atoms with van der Waals surface area (Å²) in [5.41, 5.74) is 1.02. The largest absolute Gasteiger partial charge is 0.440 e. The van der Waals surface area contributed by atoms with Crippen molar-refractivity contribution in [3.05, 3.63) is 42.4 Å². The Balaban J connectivity index is 1.54. The number of anilines is 1. The smallest absolute Gasteiger partial charge is 0.206 e. The van der Waals surface area contributed by atoms with E-state index in [0.717, 1.165) is 27.3 Å². The fourth-order valence-electron chi connectivity index (χ4n) is 1.84. The molecule has 1 N–H and O–H groups in total. The topological polar surface area (TPSA) is 73.1 Å². The predicted octanol–water partition coefficient (Wildman–Crippen LogP) is 3.54. The van der Waals surface area contributed by atoms with Gasteiger partial charge in [-0.1, -0.05) is 53.4 Å². The van der Waals surface area contributed by atoms with Gasteiger partial charge in [0, 0.05) is 19.2 Å². The highest BCUT2D eigenvalue weighted by Crippen LogP contribution is 2.29. The molecule has 0 spiro atoms. The SMILES string of the molecule is COCCNc1nnc(SCc2ncc(-c3ccccc3)o2)s1. The Labute approximate surface area is 142 Å². The summed E-state index contributed by atoms with van der Waals surface area (Å²) in [5, 5.41) is 12.2. The summed E-state index contributed by atoms with van der Waals surface area (Å²) in [4.78, 5) is 4.31. The number of nitrogens with one attached hydrogen (secondary N) is 1. The Morgan fingerprint density at radius 2 is 2.13 bits per heavy atom. The lowest BCUT2D eigenvalue weighted by atomic mass is 10.2. The maximum atomic E-state index is 5.77. The zero-order valence-electron chi connectivity index (χ0n) is 12.6. The van der Waals surface area contributed by atoms with Crippen molar-refractivity contribution >= 4 is 28.2 Å². The van der Waals surface area contributed by atoms with Crippen LogP contribution in [0.3, 0.4) is 0 Å². The molecule has 0 saturated heterocycles. The van der Waals surface area contributed by atoms with Gasteiger partial charge >= 0.3 is 0 Å². The van der Waals surface area contributed by atoms with E-state index >= 15 is 0 Å². The molecule has 3 aromatic rings. The molecule has 2 aromatic heterocycles. The average molecular weight is 348 g/mol. The Hall–Kier alpha value is -1.90. The van der Waals surface area contributed by atoms with Gasteiger partial charge < -0.3 is 14.5 Å². The molecule has 0 aliphatic rings. The number of hydrogen-bond donors (Lipinski definition) is 1. The molecule has 8 heteroatoms. The van der Waals surface area contributed by atoms with Crippen LogP contribution in [0.15, 0.2) is 45.3 Å². The van der Waals surface area contributed by atoms with Gasteiger partial charge in [0.15, 0.2) is 10.1 Å². The van der Waals surface area contributed by atoms with E-state index in [4.69, 9.17) is 9.15 Å². The van der Waals surface area contributed by atoms with Crippen molar-refractivity contribution in [3.8, 4) is 11.3 Å². The molecule has 120 valence electrons. The van der Waals surface area contributed by atoms with Crippen molar-refractivity contribution in [2.24, 2.45) is 0 Å². The molecule has 3 rings (SSSR count). The first-order valence-corrected chi connectivity index (χ1v) is 8.84. The van der Waals surface area contributed by atoms with Crippen LogP contribution in [0.4, 0.5) is 5.13 Å². The Morgan fingerprint density at radius 1 is 1.26 bits per heavy atom. The van der Waals surface area contributed by atoms with E-state index in [1.54, 1.807) is 25.1 Å². The molecule has 0 saturated carbocycles. The third-order valence-electron chi connectivity index (χ3n) is 2.92. The minimum absolute atomic E-state index is 0.625. The molecule has 0 fully saturated rings. The quantitative estimate of drug-likeness (QED) is 0.493. The summed E-state index contributed by atoms with van der Waals surface area (Å²) in [6.07, 6.45) is 1.75. The molecule has 0 unspecified atom stereocenters. The highest BCUT2D eigenvalue weighted by molar-refractivity contribution is 8.00. The van der Waals surface area contributed by atoms with Gasteiger partial charge in [0.05, 0.1) is 18.6 Å². The van der Waals surface area contributed by atoms with Crippen molar-refractivity contribution in [1.82, 2.24) is 15.2 Å². The van der Waals surface area contributed by atoms with E-state index in [2.05, 4.69) is 20.5 Å². The molecular formula is C15H16N4O2S2. The van der Waals surface area contributed by atoms with Crippen LogP contribution in [0.2, 0.25) is 0 Å². The number of oxazole rings is 1. The van der Waals surface area contributed by atoms with Crippen molar-refractivity contribution in [2.75, 3.05) is 25.6 Å². The molecule has 0 amide bonds. The van der Waals surface area contributed by atoms with Gasteiger partial charge in [-0.3, -0.25) is 0 Å². The third-order valence-corrected chi connectivity index (χ3v) is 4.92. The second-order valence-corrected chi connectivity index (χ2v) is 6.77. The molecule has 0 aliphatic heterocycles. The minimum atomic E-state index is 0.625. The van der Waals surface area contributed by atoms with Crippen molar-refractivity contribution < 1.29 is 9.15 Å². The fourth-order valence-corrected chi connectivity index (χ4v) is 3.47. The summed E-state index contributed by atoms with van der Waals surface area (Å²) < 4.78 is 11.6. The summed E-state index contributed by atoms with van der Waals surface area (Å²) in [5.74, 6) is 2.08. The molecule has 0 radical (unpaired) electrons. The summed E-state index contributed by atoms with van der Waals surface area (Å²) in [7, 11) is 1.67. The van der Waals surface area contributed by atoms with Gasteiger partial charge in [-0.25, -0.2) is 4.98 Å². The molecule has 0 aliphatic carbocycles. The van der Waals surface area contributed by atoms with Crippen molar-refractivity contribution in [1.29, 1.82) is 0 Å². The maximum absolute atomic E-state index is 5.77. The van der Waals surface area contributed by atoms with Gasteiger partial charge in [-0.2, -0.15) is 0 Å². The van der Waals surface area contributed by atoms with Crippen LogP contribution in [-0.2, 0) is 10.5 Å². The van der Waals surface area contributed by atoms with Crippen LogP contribution in [-0.4, -0.2) is 35.4 Å². The van der Waals surface area contributed by atoms with E-state index in [1.165, 1.54) is 11.3 Å². The molecular weight excluding hydrogens is 332 g/mol. The summed E-state index contributed by atoms with van der Waals surface area (Å²) >= 11 is 3.07. The number of benzene rings is 1. The zero-order chi connectivity index (χ0) is 15.9. The number of rotatable bonds is 8. The van der Waals surface area contributed by atoms with Crippen LogP contribution in [0, 0.1) is 0 Å². The predicted molar refractivity (Wildman–Crippen MR) is 91.8 cm³/mol. The Kier molecular flexibility index (Phi) is 5.62. The number of ether oxygens (including phenoxy) is 1. The van der Waals surface area contributed by atoms with Gasteiger partial charge in [-0.05, 0) is 0 Å². The second kappa shape index (κ2) is 8.09. The highest BCUT2D eigenvalue weighted by Gasteiger charge is 2.09. The van der Waals surface area contributed by atoms with Gasteiger partial charge in [-0.15, -0.1) is 10.2 Å². The standard InChI is InChI=1S/C15H16N4O2S2/c1-20-8-7-16-14-18-19-15(23-14)22-10-13-17-9-12(21-13)11-5-3-2-4-6-11/h2-6,9H,7-8,10H2,1H3,(H,16,18). The lowest BCUT2D eigenvalue weighted by Crippen LogP contribution is -2.06. The molecule has 2 heterocycles. The van der Waals surface area contributed by atoms with Crippen LogP contribution in [0.25, 0.3) is 11.3 Å². The van der Waals surface area contributed by atoms with E-state index < -0.39 is 0 Å². The van der Waals surface area contributed by atoms with Gasteiger partial charge in [0.2, 0.25) is 11.0 Å². The Bertz CT molecular complexity index is 730. The maximum Gasteiger partial charge on any atom is 0.206 e. The zero-order valence-corrected chi connectivity index (χ0v) is 14.2. The van der Waals surface area contributed by atoms with Crippen LogP contribution in [0.1, 0.15) is 5.89 Å². The Morgan fingerprint density at radius 3 is 2.96 bits per heavy atom. The number of hydrogen-bond acceptors (Lipinski definition) is 8. The van der Waals surface area contributed by atoms with Crippen molar-refractivity contribution in [3.63, 3.8) is 0 Å². The molecule has 0 atom stereocenters. The lowest BCUT2D eigenvalue weighted by molar-refractivity contribution is 0.211. The van der Waals surface area contributed by atoms with Crippen molar-refractivity contribution in [2.45, 2.75) is 10.1 Å². The minimum Gasteiger partial charge on any atom is -0.440 e. The van der Waals surface area contributed by atoms with E-state index in [9.17, 15) is 0 Å². The monoisotopic (exact) mass is 348 g/mol. The van der Waals surface area contributed by atoms with Crippen LogP contribution in [0.5, 0.6) is 0 Å². The fraction of sp³-hybridized carbons (Fsp3) is 0.267. The highest BCUT2D eigenvalue weighted by atomic mass is 32.2. The molecule has 6 nitrogen and oxygen atoms in total. The lowest BCUT2D eigenvalue weighted by Gasteiger charge is -1.98. The van der Waals surface area contributed by atoms with Crippen LogP contribution >= 0.6 is 23.1 Å². The van der Waals surface area contributed by atoms with Gasteiger partial charge in [0.25, 0.3) is 0 Å². The number of nitrogens with zero attached hydrogens (tertiary/aromatic N) is 3. The van der Waals surface area contributed by atoms with Crippen LogP contribution < -0.4 is 5.32 Å². The summed E-state index contributed by atoms with van der Waals surface area (Å²) in [6, 6.07) is 9.93. The van der Waals surface area contributed by atoms with Gasteiger partial charge in [0.1, 0.15) is 0 Å². The first-order chi connectivity index (χ1) is 11.3. The van der Waals surface area contributed by atoms with E-state index in [-0.39, 0.29) is 0 Å². The second-order valence-electron chi connectivity index (χ2n) is 4.57. The first-order valence-electron chi connectivity index (χ1n) is 7.04. The average Bonchev–Trinajstić information content (AvgIpc) is 3.23. The summed E-state index contributed by atoms with van der Waals surface area (Å²) in [6.45, 7) is 1.36. The number of aromatic nitrogens is 3. The molecule has 23 heavy (non-hydrogen) atoms. The van der Waals surface area contributed by atoms with E-state index in [0.29, 0.717) is 18.3 Å². The number of methoxy groups -OCH3 is 1. The first kappa shape index (κ1) is 16.0. The van der Waals surface area contributed by atoms with E-state index in [1.807, 2.05) is 30.3 Å². The third kappa shape index (κ3) is 4.54.